The summed E-state index contributed by atoms with van der Waals surface area (Å²) in [5.74, 6) is 1.39. The van der Waals surface area contributed by atoms with E-state index in [0.717, 1.165) is 18.6 Å². The number of halogens is 2. The van der Waals surface area contributed by atoms with E-state index in [-0.39, 0.29) is 46.5 Å². The smallest absolute Gasteiger partial charge is 0.122 e. The van der Waals surface area contributed by atoms with E-state index in [1.807, 2.05) is 12.1 Å². The first-order valence-electron chi connectivity index (χ1n) is 5.77. The van der Waals surface area contributed by atoms with Crippen LogP contribution in [0.4, 0.5) is 0 Å². The average molecular weight is 334 g/mol. The van der Waals surface area contributed by atoms with Gasteiger partial charge in [-0.2, -0.15) is 6.08 Å². The molecule has 0 heterocycles. The van der Waals surface area contributed by atoms with Crippen molar-refractivity contribution < 1.29 is 26.5 Å². The molecule has 104 valence electrons. The third-order valence-electron chi connectivity index (χ3n) is 3.02. The Morgan fingerprint density at radius 2 is 1.95 bits per heavy atom. The summed E-state index contributed by atoms with van der Waals surface area (Å²) in [5, 5.41) is 0. The first-order valence-corrected chi connectivity index (χ1v) is 5.77. The van der Waals surface area contributed by atoms with Crippen LogP contribution in [0.1, 0.15) is 31.2 Å². The number of allylic oxidation sites excluding steroid dienone is 4. The van der Waals surface area contributed by atoms with Crippen LogP contribution in [0.2, 0.25) is 0 Å². The van der Waals surface area contributed by atoms with Gasteiger partial charge in [-0.15, -0.1) is 31.2 Å². The molecule has 0 aromatic heterocycles. The molecule has 0 spiro atoms. The zero-order chi connectivity index (χ0) is 11.4. The SMILES string of the molecule is CCC(C1=[C-]CC=C1)c1ccccc1OC.Cl.Cl.[Ti]. The molecule has 0 saturated carbocycles. The van der Waals surface area contributed by atoms with Crippen LogP contribution < -0.4 is 4.74 Å². The summed E-state index contributed by atoms with van der Waals surface area (Å²) >= 11 is 0. The van der Waals surface area contributed by atoms with Gasteiger partial charge in [0.2, 0.25) is 0 Å². The van der Waals surface area contributed by atoms with Crippen molar-refractivity contribution in [3.8, 4) is 5.75 Å². The minimum atomic E-state index is 0. The molecular weight excluding hydrogens is 315 g/mol. The summed E-state index contributed by atoms with van der Waals surface area (Å²) in [6, 6.07) is 8.25. The summed E-state index contributed by atoms with van der Waals surface area (Å²) in [6.45, 7) is 2.21. The maximum Gasteiger partial charge on any atom is 0.122 e. The van der Waals surface area contributed by atoms with Crippen molar-refractivity contribution in [3.63, 3.8) is 0 Å². The van der Waals surface area contributed by atoms with Crippen LogP contribution in [-0.2, 0) is 21.7 Å². The van der Waals surface area contributed by atoms with Gasteiger partial charge in [-0.05, 0) is 24.0 Å². The van der Waals surface area contributed by atoms with Crippen LogP contribution in [0.5, 0.6) is 5.75 Å². The first kappa shape index (κ1) is 21.1. The summed E-state index contributed by atoms with van der Waals surface area (Å²) in [4.78, 5) is 0. The van der Waals surface area contributed by atoms with E-state index in [1.165, 1.54) is 11.1 Å². The molecule has 4 heteroatoms. The number of para-hydroxylation sites is 1. The fourth-order valence-electron chi connectivity index (χ4n) is 2.22. The van der Waals surface area contributed by atoms with Crippen LogP contribution in [-0.4, -0.2) is 7.11 Å². The van der Waals surface area contributed by atoms with Crippen LogP contribution >= 0.6 is 24.8 Å². The number of benzene rings is 1. The molecule has 0 amide bonds. The second-order valence-corrected chi connectivity index (χ2v) is 3.94. The summed E-state index contributed by atoms with van der Waals surface area (Å²) < 4.78 is 5.42. The van der Waals surface area contributed by atoms with Crippen LogP contribution in [0.15, 0.2) is 42.0 Å². The molecular formula is C15H19Cl2OTi-. The maximum atomic E-state index is 5.42. The molecule has 1 unspecified atom stereocenters. The fraction of sp³-hybridized carbons (Fsp3) is 0.333. The maximum absolute atomic E-state index is 5.42. The van der Waals surface area contributed by atoms with Gasteiger partial charge in [0, 0.05) is 21.7 Å². The van der Waals surface area contributed by atoms with Gasteiger partial charge >= 0.3 is 0 Å². The Bertz CT molecular complexity index is 430. The van der Waals surface area contributed by atoms with E-state index in [4.69, 9.17) is 4.74 Å². The van der Waals surface area contributed by atoms with Crippen LogP contribution in [0.25, 0.3) is 0 Å². The zero-order valence-electron chi connectivity index (χ0n) is 11.2. The fourth-order valence-corrected chi connectivity index (χ4v) is 2.22. The van der Waals surface area contributed by atoms with Gasteiger partial charge in [0.15, 0.2) is 0 Å². The number of rotatable bonds is 4. The number of ether oxygens (including phenoxy) is 1. The van der Waals surface area contributed by atoms with Gasteiger partial charge in [0.1, 0.15) is 5.75 Å². The van der Waals surface area contributed by atoms with E-state index < -0.39 is 0 Å². The molecule has 1 aromatic carbocycles. The van der Waals surface area contributed by atoms with Gasteiger partial charge < -0.3 is 4.74 Å². The summed E-state index contributed by atoms with van der Waals surface area (Å²) in [5.41, 5.74) is 2.56. The monoisotopic (exact) mass is 333 g/mol. The molecule has 0 bridgehead atoms. The van der Waals surface area contributed by atoms with Gasteiger partial charge in [-0.1, -0.05) is 25.1 Å². The Morgan fingerprint density at radius 3 is 2.47 bits per heavy atom. The molecule has 0 aliphatic heterocycles. The van der Waals surface area contributed by atoms with Crippen molar-refractivity contribution in [3.05, 3.63) is 53.6 Å². The van der Waals surface area contributed by atoms with Gasteiger partial charge in [0.25, 0.3) is 0 Å². The van der Waals surface area contributed by atoms with Crippen molar-refractivity contribution in [2.45, 2.75) is 25.7 Å². The predicted molar refractivity (Wildman–Crippen MR) is 81.0 cm³/mol. The van der Waals surface area contributed by atoms with Crippen molar-refractivity contribution in [1.29, 1.82) is 0 Å². The van der Waals surface area contributed by atoms with Crippen LogP contribution in [0, 0.1) is 6.08 Å². The van der Waals surface area contributed by atoms with E-state index >= 15 is 0 Å². The van der Waals surface area contributed by atoms with E-state index in [0.29, 0.717) is 5.92 Å². The van der Waals surface area contributed by atoms with E-state index in [9.17, 15) is 0 Å². The largest absolute Gasteiger partial charge is 0.496 e. The Kier molecular flexibility index (Phi) is 11.7. The molecule has 19 heavy (non-hydrogen) atoms. The molecule has 1 aliphatic carbocycles. The van der Waals surface area contributed by atoms with Crippen molar-refractivity contribution >= 4 is 24.8 Å². The third kappa shape index (κ3) is 5.00. The molecule has 1 aliphatic rings. The molecule has 0 fully saturated rings. The minimum absolute atomic E-state index is 0. The number of hydrogen-bond donors (Lipinski definition) is 0. The number of methoxy groups -OCH3 is 1. The summed E-state index contributed by atoms with van der Waals surface area (Å²) in [6.07, 6.45) is 9.77. The predicted octanol–water partition coefficient (Wildman–Crippen LogP) is 4.72. The van der Waals surface area contributed by atoms with Crippen molar-refractivity contribution in [1.82, 2.24) is 0 Å². The topological polar surface area (TPSA) is 9.23 Å². The Hall–Kier alpha value is -0.206. The normalized spacial score (nSPS) is 13.5. The second-order valence-electron chi connectivity index (χ2n) is 3.94. The molecule has 2 rings (SSSR count). The molecule has 0 radical (unpaired) electrons. The van der Waals surface area contributed by atoms with Crippen molar-refractivity contribution in [2.24, 2.45) is 0 Å². The standard InChI is InChI=1S/C15H17O.2ClH.Ti/c1-3-13(12-8-4-5-9-12)14-10-6-7-11-15(14)16-2;;;/h4,6-8,10-11,13H,3,5H2,1-2H3;2*1H;/q-1;;;. The Labute approximate surface area is 143 Å². The Morgan fingerprint density at radius 1 is 1.26 bits per heavy atom. The van der Waals surface area contributed by atoms with Crippen LogP contribution in [0.3, 0.4) is 0 Å². The van der Waals surface area contributed by atoms with E-state index in [2.05, 4.69) is 37.3 Å². The second kappa shape index (κ2) is 10.6. The van der Waals surface area contributed by atoms with Gasteiger partial charge in [-0.3, -0.25) is 6.08 Å². The quantitative estimate of drug-likeness (QED) is 0.572. The molecule has 1 nitrogen and oxygen atoms in total. The minimum Gasteiger partial charge on any atom is -0.496 e. The average Bonchev–Trinajstić information content (AvgIpc) is 2.84. The third-order valence-corrected chi connectivity index (χ3v) is 3.02. The molecule has 1 atom stereocenters. The molecule has 1 aromatic rings. The van der Waals surface area contributed by atoms with Crippen molar-refractivity contribution in [2.75, 3.05) is 7.11 Å². The molecule has 0 saturated heterocycles. The zero-order valence-corrected chi connectivity index (χ0v) is 14.4. The van der Waals surface area contributed by atoms with E-state index in [1.54, 1.807) is 7.11 Å². The van der Waals surface area contributed by atoms with Gasteiger partial charge in [-0.25, -0.2) is 11.6 Å². The number of hydrogen-bond acceptors (Lipinski definition) is 1. The van der Waals surface area contributed by atoms with Gasteiger partial charge in [0.05, 0.1) is 7.11 Å². The molecule has 0 N–H and O–H groups in total. The summed E-state index contributed by atoms with van der Waals surface area (Å²) in [7, 11) is 1.73. The Balaban J connectivity index is 0. The first-order chi connectivity index (χ1) is 7.86.